The Kier molecular flexibility index (Phi) is 3.07. The second-order valence-corrected chi connectivity index (χ2v) is 5.30. The van der Waals surface area contributed by atoms with Gasteiger partial charge in [0.05, 0.1) is 12.0 Å². The molecule has 1 aromatic heterocycles. The number of nitrogens with zero attached hydrogens (tertiary/aromatic N) is 2. The van der Waals surface area contributed by atoms with Gasteiger partial charge in [0, 0.05) is 34.0 Å². The fourth-order valence-corrected chi connectivity index (χ4v) is 2.49. The van der Waals surface area contributed by atoms with Crippen molar-refractivity contribution in [2.24, 2.45) is 4.99 Å². The molecule has 0 saturated carbocycles. The Labute approximate surface area is 101 Å². The van der Waals surface area contributed by atoms with Crippen LogP contribution in [-0.2, 0) is 0 Å². The average Bonchev–Trinajstić information content (AvgIpc) is 2.57. The number of hydrogen-bond donors (Lipinski definition) is 0. The van der Waals surface area contributed by atoms with Crippen LogP contribution in [0.3, 0.4) is 0 Å². The van der Waals surface area contributed by atoms with E-state index in [0.29, 0.717) is 0 Å². The summed E-state index contributed by atoms with van der Waals surface area (Å²) in [5.74, 6) is 0. The second-order valence-electron chi connectivity index (χ2n) is 3.47. The molecule has 4 heteroatoms. The van der Waals surface area contributed by atoms with Gasteiger partial charge in [-0.05, 0) is 18.2 Å². The number of thiophene rings is 1. The number of halogens is 1. The summed E-state index contributed by atoms with van der Waals surface area (Å²) in [7, 11) is 3.93. The fourth-order valence-electron chi connectivity index (χ4n) is 1.27. The molecule has 0 N–H and O–H groups in total. The molecule has 0 aliphatic carbocycles. The molecular formula is C11H11BrN2S. The minimum Gasteiger partial charge on any atom is -0.369 e. The first kappa shape index (κ1) is 10.6. The van der Waals surface area contributed by atoms with E-state index in [1.165, 1.54) is 10.1 Å². The standard InChI is InChI=1S/C11H11BrN2S/c1-14(2)7-13-10-6-15-11-4-3-8(12)5-9(10)11/h3-7H,1-2H3. The molecule has 0 aliphatic heterocycles. The molecule has 0 saturated heterocycles. The SMILES string of the molecule is CN(C)C=Nc1csc2ccc(Br)cc12. The minimum absolute atomic E-state index is 1.03. The monoisotopic (exact) mass is 282 g/mol. The van der Waals surface area contributed by atoms with Crippen molar-refractivity contribution in [3.63, 3.8) is 0 Å². The molecular weight excluding hydrogens is 272 g/mol. The van der Waals surface area contributed by atoms with Gasteiger partial charge in [-0.3, -0.25) is 0 Å². The van der Waals surface area contributed by atoms with Gasteiger partial charge >= 0.3 is 0 Å². The summed E-state index contributed by atoms with van der Waals surface area (Å²) in [6, 6.07) is 6.27. The maximum atomic E-state index is 4.43. The van der Waals surface area contributed by atoms with Gasteiger partial charge in [-0.1, -0.05) is 15.9 Å². The first-order valence-electron chi connectivity index (χ1n) is 4.54. The Hall–Kier alpha value is -0.870. The lowest BCUT2D eigenvalue weighted by Gasteiger charge is -2.01. The van der Waals surface area contributed by atoms with E-state index in [0.717, 1.165) is 10.2 Å². The lowest BCUT2D eigenvalue weighted by molar-refractivity contribution is 0.643. The molecule has 0 bridgehead atoms. The van der Waals surface area contributed by atoms with E-state index in [9.17, 15) is 0 Å². The van der Waals surface area contributed by atoms with Crippen molar-refractivity contribution in [1.29, 1.82) is 0 Å². The number of fused-ring (bicyclic) bond motifs is 1. The third-order valence-electron chi connectivity index (χ3n) is 1.94. The first-order chi connectivity index (χ1) is 7.16. The zero-order valence-electron chi connectivity index (χ0n) is 8.57. The normalized spacial score (nSPS) is 11.4. The summed E-state index contributed by atoms with van der Waals surface area (Å²) in [6.45, 7) is 0. The Bertz CT molecular complexity index is 502. The number of benzene rings is 1. The summed E-state index contributed by atoms with van der Waals surface area (Å²) >= 11 is 5.19. The van der Waals surface area contributed by atoms with Crippen LogP contribution in [0.4, 0.5) is 5.69 Å². The lowest BCUT2D eigenvalue weighted by Crippen LogP contribution is -2.06. The lowest BCUT2D eigenvalue weighted by atomic mass is 10.2. The van der Waals surface area contributed by atoms with Crippen LogP contribution in [0, 0.1) is 0 Å². The summed E-state index contributed by atoms with van der Waals surface area (Å²) in [5, 5.41) is 3.28. The molecule has 2 aromatic rings. The fraction of sp³-hybridized carbons (Fsp3) is 0.182. The van der Waals surface area contributed by atoms with E-state index in [-0.39, 0.29) is 0 Å². The van der Waals surface area contributed by atoms with Crippen LogP contribution in [0.2, 0.25) is 0 Å². The van der Waals surface area contributed by atoms with Crippen LogP contribution in [0.15, 0.2) is 33.0 Å². The molecule has 1 aromatic carbocycles. The van der Waals surface area contributed by atoms with Crippen LogP contribution >= 0.6 is 27.3 Å². The van der Waals surface area contributed by atoms with Gasteiger partial charge in [-0.15, -0.1) is 11.3 Å². The van der Waals surface area contributed by atoms with Gasteiger partial charge < -0.3 is 4.90 Å². The molecule has 1 heterocycles. The van der Waals surface area contributed by atoms with Crippen molar-refractivity contribution in [2.75, 3.05) is 14.1 Å². The minimum atomic E-state index is 1.03. The predicted molar refractivity (Wildman–Crippen MR) is 71.4 cm³/mol. The zero-order valence-corrected chi connectivity index (χ0v) is 11.0. The molecule has 0 amide bonds. The molecule has 0 atom stereocenters. The molecule has 2 rings (SSSR count). The average molecular weight is 283 g/mol. The Morgan fingerprint density at radius 2 is 2.20 bits per heavy atom. The summed E-state index contributed by atoms with van der Waals surface area (Å²) in [5.41, 5.74) is 1.03. The van der Waals surface area contributed by atoms with Gasteiger partial charge in [-0.25, -0.2) is 4.99 Å². The van der Waals surface area contributed by atoms with Crippen molar-refractivity contribution in [3.8, 4) is 0 Å². The van der Waals surface area contributed by atoms with E-state index in [1.807, 2.05) is 25.3 Å². The Morgan fingerprint density at radius 1 is 1.40 bits per heavy atom. The smallest absolute Gasteiger partial charge is 0.0907 e. The van der Waals surface area contributed by atoms with Crippen LogP contribution in [-0.4, -0.2) is 25.3 Å². The maximum absolute atomic E-state index is 4.43. The van der Waals surface area contributed by atoms with Gasteiger partial charge in [0.15, 0.2) is 0 Å². The van der Waals surface area contributed by atoms with Gasteiger partial charge in [0.2, 0.25) is 0 Å². The Balaban J connectivity index is 2.48. The number of rotatable bonds is 2. The highest BCUT2D eigenvalue weighted by Gasteiger charge is 2.02. The largest absolute Gasteiger partial charge is 0.369 e. The van der Waals surface area contributed by atoms with E-state index in [2.05, 4.69) is 44.5 Å². The third-order valence-corrected chi connectivity index (χ3v) is 3.39. The van der Waals surface area contributed by atoms with E-state index in [4.69, 9.17) is 0 Å². The van der Waals surface area contributed by atoms with E-state index in [1.54, 1.807) is 11.3 Å². The first-order valence-corrected chi connectivity index (χ1v) is 6.21. The van der Waals surface area contributed by atoms with Crippen molar-refractivity contribution >= 4 is 49.4 Å². The molecule has 0 fully saturated rings. The van der Waals surface area contributed by atoms with Crippen molar-refractivity contribution in [1.82, 2.24) is 4.90 Å². The van der Waals surface area contributed by atoms with Gasteiger partial charge in [0.1, 0.15) is 0 Å². The van der Waals surface area contributed by atoms with E-state index < -0.39 is 0 Å². The highest BCUT2D eigenvalue weighted by Crippen LogP contribution is 2.33. The number of aliphatic imine (C=N–C) groups is 1. The topological polar surface area (TPSA) is 15.6 Å². The highest BCUT2D eigenvalue weighted by molar-refractivity contribution is 9.10. The zero-order chi connectivity index (χ0) is 10.8. The third kappa shape index (κ3) is 2.38. The van der Waals surface area contributed by atoms with Gasteiger partial charge in [-0.2, -0.15) is 0 Å². The van der Waals surface area contributed by atoms with Crippen molar-refractivity contribution in [3.05, 3.63) is 28.1 Å². The van der Waals surface area contributed by atoms with Crippen LogP contribution in [0.25, 0.3) is 10.1 Å². The van der Waals surface area contributed by atoms with Gasteiger partial charge in [0.25, 0.3) is 0 Å². The van der Waals surface area contributed by atoms with Crippen LogP contribution in [0.1, 0.15) is 0 Å². The van der Waals surface area contributed by atoms with Crippen molar-refractivity contribution < 1.29 is 0 Å². The van der Waals surface area contributed by atoms with Crippen molar-refractivity contribution in [2.45, 2.75) is 0 Å². The van der Waals surface area contributed by atoms with Crippen LogP contribution in [0.5, 0.6) is 0 Å². The Morgan fingerprint density at radius 3 is 2.93 bits per heavy atom. The number of hydrogen-bond acceptors (Lipinski definition) is 2. The predicted octanol–water partition coefficient (Wildman–Crippen LogP) is 3.89. The van der Waals surface area contributed by atoms with E-state index >= 15 is 0 Å². The molecule has 78 valence electrons. The summed E-state index contributed by atoms with van der Waals surface area (Å²) in [6.07, 6.45) is 1.82. The molecule has 0 aliphatic rings. The summed E-state index contributed by atoms with van der Waals surface area (Å²) < 4.78 is 2.36. The quantitative estimate of drug-likeness (QED) is 0.603. The molecule has 0 spiro atoms. The molecule has 0 unspecified atom stereocenters. The maximum Gasteiger partial charge on any atom is 0.0907 e. The van der Waals surface area contributed by atoms with Crippen LogP contribution < -0.4 is 0 Å². The molecule has 15 heavy (non-hydrogen) atoms. The summed E-state index contributed by atoms with van der Waals surface area (Å²) in [4.78, 5) is 6.36. The second kappa shape index (κ2) is 4.33. The highest BCUT2D eigenvalue weighted by atomic mass is 79.9. The molecule has 2 nitrogen and oxygen atoms in total. The molecule has 0 radical (unpaired) electrons.